The third-order valence-corrected chi connectivity index (χ3v) is 3.46. The minimum Gasteiger partial charge on any atom is -0.289 e. The Labute approximate surface area is 115 Å². The van der Waals surface area contributed by atoms with Crippen LogP contribution in [0.15, 0.2) is 29.3 Å². The Morgan fingerprint density at radius 1 is 1.55 bits per heavy atom. The van der Waals surface area contributed by atoms with Crippen LogP contribution in [0.25, 0.3) is 0 Å². The van der Waals surface area contributed by atoms with Crippen LogP contribution in [-0.2, 0) is 6.54 Å². The zero-order chi connectivity index (χ0) is 14.7. The van der Waals surface area contributed by atoms with Crippen LogP contribution in [-0.4, -0.2) is 20.4 Å². The molecule has 0 bridgehead atoms. The summed E-state index contributed by atoms with van der Waals surface area (Å²) < 4.78 is 1.11. The molecule has 0 spiro atoms. The summed E-state index contributed by atoms with van der Waals surface area (Å²) in [5, 5.41) is 10.6. The predicted molar refractivity (Wildman–Crippen MR) is 70.2 cm³/mol. The van der Waals surface area contributed by atoms with Crippen LogP contribution in [0.3, 0.4) is 0 Å². The molecule has 0 saturated heterocycles. The first-order valence-electron chi connectivity index (χ1n) is 5.32. The maximum absolute atomic E-state index is 11.5. The Morgan fingerprint density at radius 2 is 2.30 bits per heavy atom. The number of rotatable bonds is 4. The van der Waals surface area contributed by atoms with Gasteiger partial charge in [-0.1, -0.05) is 0 Å². The van der Waals surface area contributed by atoms with Gasteiger partial charge in [0.05, 0.1) is 22.5 Å². The summed E-state index contributed by atoms with van der Waals surface area (Å²) in [7, 11) is 0. The van der Waals surface area contributed by atoms with E-state index in [1.807, 2.05) is 5.43 Å². The molecule has 0 aliphatic heterocycles. The van der Waals surface area contributed by atoms with E-state index in [2.05, 4.69) is 4.98 Å². The molecule has 0 aromatic carbocycles. The van der Waals surface area contributed by atoms with Crippen molar-refractivity contribution in [3.8, 4) is 0 Å². The molecule has 3 N–H and O–H groups in total. The molecule has 2 heterocycles. The molecule has 1 amide bonds. The van der Waals surface area contributed by atoms with Gasteiger partial charge in [-0.25, -0.2) is 10.6 Å². The van der Waals surface area contributed by atoms with Gasteiger partial charge in [-0.05, 0) is 12.1 Å². The topological polar surface area (TPSA) is 133 Å². The first kappa shape index (κ1) is 13.8. The van der Waals surface area contributed by atoms with Crippen molar-refractivity contribution >= 4 is 22.9 Å². The minimum absolute atomic E-state index is 0.0933. The number of carbonyl (C=O) groups excluding carboxylic acids is 1. The molecule has 0 atom stereocenters. The highest BCUT2D eigenvalue weighted by atomic mass is 32.1. The number of thiophene rings is 1. The van der Waals surface area contributed by atoms with E-state index in [0.717, 1.165) is 28.3 Å². The van der Waals surface area contributed by atoms with Crippen molar-refractivity contribution in [3.05, 3.63) is 54.9 Å². The van der Waals surface area contributed by atoms with Crippen molar-refractivity contribution < 1.29 is 9.72 Å². The molecule has 10 heteroatoms. The number of aromatic nitrogens is 2. The fourth-order valence-electron chi connectivity index (χ4n) is 1.48. The van der Waals surface area contributed by atoms with Crippen LogP contribution in [0.2, 0.25) is 0 Å². The van der Waals surface area contributed by atoms with Crippen molar-refractivity contribution in [2.75, 3.05) is 0 Å². The van der Waals surface area contributed by atoms with E-state index in [1.54, 1.807) is 12.1 Å². The Morgan fingerprint density at radius 3 is 2.95 bits per heavy atom. The van der Waals surface area contributed by atoms with Crippen molar-refractivity contribution in [3.63, 3.8) is 0 Å². The zero-order valence-corrected chi connectivity index (χ0v) is 10.8. The molecule has 20 heavy (non-hydrogen) atoms. The molecule has 9 nitrogen and oxygen atoms in total. The zero-order valence-electron chi connectivity index (χ0n) is 9.98. The number of nitro groups is 1. The first-order valence-corrected chi connectivity index (χ1v) is 6.13. The van der Waals surface area contributed by atoms with E-state index in [-0.39, 0.29) is 12.2 Å². The quantitative estimate of drug-likeness (QED) is 0.349. The number of amides is 1. The van der Waals surface area contributed by atoms with Crippen LogP contribution in [0.5, 0.6) is 0 Å². The summed E-state index contributed by atoms with van der Waals surface area (Å²) in [5.41, 5.74) is 1.12. The highest BCUT2D eigenvalue weighted by Crippen LogP contribution is 2.17. The number of hydrogen-bond acceptors (Lipinski definition) is 7. The molecule has 0 fully saturated rings. The van der Waals surface area contributed by atoms with E-state index >= 15 is 0 Å². The molecule has 0 unspecified atom stereocenters. The van der Waals surface area contributed by atoms with Crippen LogP contribution >= 0.6 is 11.3 Å². The molecule has 2 rings (SSSR count). The second-order valence-corrected chi connectivity index (χ2v) is 4.89. The van der Waals surface area contributed by atoms with Crippen molar-refractivity contribution in [2.45, 2.75) is 6.54 Å². The molecule has 0 aliphatic carbocycles. The van der Waals surface area contributed by atoms with Crippen LogP contribution in [0.1, 0.15) is 14.5 Å². The maximum atomic E-state index is 11.5. The number of nitrogens with one attached hydrogen (secondary N) is 1. The molecule has 0 radical (unpaired) electrons. The van der Waals surface area contributed by atoms with Gasteiger partial charge in [-0.3, -0.25) is 24.9 Å². The van der Waals surface area contributed by atoms with E-state index < -0.39 is 16.5 Å². The maximum Gasteiger partial charge on any atom is 0.348 e. The van der Waals surface area contributed by atoms with Gasteiger partial charge in [0.25, 0.3) is 5.91 Å². The number of carbonyl (C=O) groups is 1. The van der Waals surface area contributed by atoms with E-state index in [9.17, 15) is 19.7 Å². The number of hydrazine groups is 1. The SMILES string of the molecule is NNC(=O)c1ccc(Cn2cc([N+](=O)[O-])cnc2=O)s1. The Kier molecular flexibility index (Phi) is 3.86. The summed E-state index contributed by atoms with van der Waals surface area (Å²) in [5.74, 6) is 4.57. The van der Waals surface area contributed by atoms with Crippen molar-refractivity contribution in [1.82, 2.24) is 15.0 Å². The molecular weight excluding hydrogens is 286 g/mol. The van der Waals surface area contributed by atoms with Gasteiger partial charge in [-0.15, -0.1) is 11.3 Å². The molecule has 2 aromatic heterocycles. The average molecular weight is 295 g/mol. The van der Waals surface area contributed by atoms with Gasteiger partial charge in [0.15, 0.2) is 0 Å². The van der Waals surface area contributed by atoms with Gasteiger partial charge in [0, 0.05) is 4.88 Å². The summed E-state index contributed by atoms with van der Waals surface area (Å²) in [6, 6.07) is 3.19. The number of nitrogens with two attached hydrogens (primary N) is 1. The van der Waals surface area contributed by atoms with E-state index in [0.29, 0.717) is 9.75 Å². The third-order valence-electron chi connectivity index (χ3n) is 2.39. The highest BCUT2D eigenvalue weighted by molar-refractivity contribution is 7.14. The highest BCUT2D eigenvalue weighted by Gasteiger charge is 2.12. The molecular formula is C10H9N5O4S. The lowest BCUT2D eigenvalue weighted by atomic mass is 10.4. The first-order chi connectivity index (χ1) is 9.51. The third kappa shape index (κ3) is 2.87. The minimum atomic E-state index is -0.634. The number of nitrogen functional groups attached to an aromatic ring is 1. The number of hydrogen-bond donors (Lipinski definition) is 2. The fourth-order valence-corrected chi connectivity index (χ4v) is 2.39. The fraction of sp³-hybridized carbons (Fsp3) is 0.100. The average Bonchev–Trinajstić information content (AvgIpc) is 2.88. The van der Waals surface area contributed by atoms with Gasteiger partial charge in [0.1, 0.15) is 6.20 Å². The van der Waals surface area contributed by atoms with Gasteiger partial charge >= 0.3 is 11.4 Å². The molecule has 0 aliphatic rings. The second kappa shape index (κ2) is 5.59. The van der Waals surface area contributed by atoms with Crippen LogP contribution in [0, 0.1) is 10.1 Å². The molecule has 0 saturated carbocycles. The molecule has 104 valence electrons. The normalized spacial score (nSPS) is 10.2. The lowest BCUT2D eigenvalue weighted by Gasteiger charge is -2.01. The predicted octanol–water partition coefficient (Wildman–Crippen LogP) is -0.135. The van der Waals surface area contributed by atoms with Gasteiger partial charge in [0.2, 0.25) is 0 Å². The van der Waals surface area contributed by atoms with Crippen LogP contribution < -0.4 is 17.0 Å². The largest absolute Gasteiger partial charge is 0.348 e. The Hall–Kier alpha value is -2.59. The molecule has 2 aromatic rings. The smallest absolute Gasteiger partial charge is 0.289 e. The van der Waals surface area contributed by atoms with Crippen molar-refractivity contribution in [1.29, 1.82) is 0 Å². The van der Waals surface area contributed by atoms with Gasteiger partial charge < -0.3 is 0 Å². The van der Waals surface area contributed by atoms with Crippen molar-refractivity contribution in [2.24, 2.45) is 5.84 Å². The summed E-state index contributed by atoms with van der Waals surface area (Å²) in [6.45, 7) is 0.0933. The lowest BCUT2D eigenvalue weighted by Crippen LogP contribution is -2.29. The lowest BCUT2D eigenvalue weighted by molar-refractivity contribution is -0.385. The monoisotopic (exact) mass is 295 g/mol. The second-order valence-electron chi connectivity index (χ2n) is 3.72. The summed E-state index contributed by atoms with van der Waals surface area (Å²) in [4.78, 5) is 37.3. The standard InChI is InChI=1S/C10H9N5O4S/c11-13-9(16)8-2-1-7(20-8)5-14-4-6(15(18)19)3-12-10(14)17/h1-4H,5,11H2,(H,13,16). The number of nitrogens with zero attached hydrogens (tertiary/aromatic N) is 3. The van der Waals surface area contributed by atoms with Gasteiger partial charge in [-0.2, -0.15) is 4.98 Å². The van der Waals surface area contributed by atoms with Crippen LogP contribution in [0.4, 0.5) is 5.69 Å². The Balaban J connectivity index is 2.28. The van der Waals surface area contributed by atoms with E-state index in [1.165, 1.54) is 0 Å². The van der Waals surface area contributed by atoms with E-state index in [4.69, 9.17) is 5.84 Å². The summed E-state index contributed by atoms with van der Waals surface area (Å²) >= 11 is 1.13. The summed E-state index contributed by atoms with van der Waals surface area (Å²) in [6.07, 6.45) is 2.01. The Bertz CT molecular complexity index is 722.